The minimum atomic E-state index is -0.437. The molecule has 1 aliphatic carbocycles. The number of hydrogen-bond donors (Lipinski definition) is 1. The van der Waals surface area contributed by atoms with Crippen molar-refractivity contribution in [1.82, 2.24) is 0 Å². The molecule has 20 heavy (non-hydrogen) atoms. The third-order valence-electron chi connectivity index (χ3n) is 4.17. The molecule has 5 nitrogen and oxygen atoms in total. The van der Waals surface area contributed by atoms with Gasteiger partial charge in [-0.25, -0.2) is 0 Å². The Hall–Kier alpha value is -2.09. The summed E-state index contributed by atoms with van der Waals surface area (Å²) in [6.07, 6.45) is 4.95. The second-order valence-electron chi connectivity index (χ2n) is 5.50. The van der Waals surface area contributed by atoms with Gasteiger partial charge < -0.3 is 5.32 Å². The number of nitrogens with one attached hydrogen (secondary N) is 1. The zero-order valence-corrected chi connectivity index (χ0v) is 11.6. The molecule has 106 valence electrons. The summed E-state index contributed by atoms with van der Waals surface area (Å²) in [5, 5.41) is 23.1. The van der Waals surface area contributed by atoms with Crippen LogP contribution < -0.4 is 5.32 Å². The van der Waals surface area contributed by atoms with E-state index in [1.165, 1.54) is 31.7 Å². The van der Waals surface area contributed by atoms with Crippen LogP contribution in [0.4, 0.5) is 11.4 Å². The van der Waals surface area contributed by atoms with E-state index in [2.05, 4.69) is 12.2 Å². The highest BCUT2D eigenvalue weighted by molar-refractivity contribution is 5.64. The van der Waals surface area contributed by atoms with Gasteiger partial charge in [-0.1, -0.05) is 26.2 Å². The highest BCUT2D eigenvalue weighted by Gasteiger charge is 2.22. The smallest absolute Gasteiger partial charge is 0.293 e. The summed E-state index contributed by atoms with van der Waals surface area (Å²) in [7, 11) is 0. The number of nitro groups is 1. The Labute approximate surface area is 118 Å². The zero-order valence-electron chi connectivity index (χ0n) is 11.6. The first-order valence-electron chi connectivity index (χ1n) is 7.04. The van der Waals surface area contributed by atoms with E-state index in [9.17, 15) is 10.1 Å². The van der Waals surface area contributed by atoms with Crippen LogP contribution in [0.5, 0.6) is 0 Å². The summed E-state index contributed by atoms with van der Waals surface area (Å²) in [6, 6.07) is 6.50. The van der Waals surface area contributed by atoms with Gasteiger partial charge in [-0.05, 0) is 30.4 Å². The molecule has 1 aliphatic rings. The van der Waals surface area contributed by atoms with Crippen molar-refractivity contribution in [1.29, 1.82) is 5.26 Å². The molecule has 5 heteroatoms. The molecule has 1 saturated carbocycles. The molecule has 1 aromatic rings. The van der Waals surface area contributed by atoms with Crippen molar-refractivity contribution in [2.24, 2.45) is 11.8 Å². The van der Waals surface area contributed by atoms with Crippen LogP contribution in [0.3, 0.4) is 0 Å². The number of nitro benzene ring substituents is 1. The van der Waals surface area contributed by atoms with E-state index >= 15 is 0 Å². The fourth-order valence-electron chi connectivity index (χ4n) is 2.84. The molecule has 2 unspecified atom stereocenters. The molecule has 0 bridgehead atoms. The maximum absolute atomic E-state index is 11.1. The van der Waals surface area contributed by atoms with Gasteiger partial charge in [-0.3, -0.25) is 10.1 Å². The minimum Gasteiger partial charge on any atom is -0.379 e. The van der Waals surface area contributed by atoms with E-state index in [4.69, 9.17) is 5.26 Å². The van der Waals surface area contributed by atoms with E-state index in [-0.39, 0.29) is 5.69 Å². The van der Waals surface area contributed by atoms with Crippen molar-refractivity contribution in [3.8, 4) is 6.07 Å². The third kappa shape index (κ3) is 3.27. The largest absolute Gasteiger partial charge is 0.379 e. The van der Waals surface area contributed by atoms with Gasteiger partial charge in [0.15, 0.2) is 0 Å². The first-order valence-corrected chi connectivity index (χ1v) is 7.04. The van der Waals surface area contributed by atoms with E-state index in [0.717, 1.165) is 6.54 Å². The average Bonchev–Trinajstić information content (AvgIpc) is 2.46. The van der Waals surface area contributed by atoms with Gasteiger partial charge in [-0.2, -0.15) is 5.26 Å². The summed E-state index contributed by atoms with van der Waals surface area (Å²) < 4.78 is 0. The zero-order chi connectivity index (χ0) is 14.5. The summed E-state index contributed by atoms with van der Waals surface area (Å²) in [5.41, 5.74) is 0.799. The highest BCUT2D eigenvalue weighted by atomic mass is 16.6. The predicted molar refractivity (Wildman–Crippen MR) is 77.4 cm³/mol. The van der Waals surface area contributed by atoms with Gasteiger partial charge in [-0.15, -0.1) is 0 Å². The van der Waals surface area contributed by atoms with Crippen LogP contribution in [-0.4, -0.2) is 11.5 Å². The molecule has 2 rings (SSSR count). The van der Waals surface area contributed by atoms with Crippen LogP contribution >= 0.6 is 0 Å². The van der Waals surface area contributed by atoms with E-state index in [1.54, 1.807) is 12.1 Å². The summed E-state index contributed by atoms with van der Waals surface area (Å²) >= 11 is 0. The third-order valence-corrected chi connectivity index (χ3v) is 4.17. The first kappa shape index (κ1) is 14.3. The van der Waals surface area contributed by atoms with Crippen molar-refractivity contribution in [2.75, 3.05) is 11.9 Å². The summed E-state index contributed by atoms with van der Waals surface area (Å²) in [6.45, 7) is 3.01. The fraction of sp³-hybridized carbons (Fsp3) is 0.533. The van der Waals surface area contributed by atoms with E-state index < -0.39 is 4.92 Å². The number of nitriles is 1. The minimum absolute atomic E-state index is 0.0208. The average molecular weight is 273 g/mol. The summed E-state index contributed by atoms with van der Waals surface area (Å²) in [4.78, 5) is 10.6. The Kier molecular flexibility index (Phi) is 4.57. The Balaban J connectivity index is 2.09. The quantitative estimate of drug-likeness (QED) is 0.670. The van der Waals surface area contributed by atoms with Crippen molar-refractivity contribution in [2.45, 2.75) is 32.6 Å². The van der Waals surface area contributed by atoms with Gasteiger partial charge in [0.1, 0.15) is 5.69 Å². The van der Waals surface area contributed by atoms with Crippen LogP contribution in [0.15, 0.2) is 18.2 Å². The van der Waals surface area contributed by atoms with Gasteiger partial charge in [0.05, 0.1) is 16.6 Å². The molecule has 0 amide bonds. The lowest BCUT2D eigenvalue weighted by atomic mass is 9.80. The molecule has 2 atom stereocenters. The van der Waals surface area contributed by atoms with Crippen LogP contribution in [0.25, 0.3) is 0 Å². The normalized spacial score (nSPS) is 22.0. The summed E-state index contributed by atoms with van der Waals surface area (Å²) in [5.74, 6) is 1.23. The molecule has 0 saturated heterocycles. The van der Waals surface area contributed by atoms with Crippen molar-refractivity contribution in [3.63, 3.8) is 0 Å². The van der Waals surface area contributed by atoms with E-state index in [1.807, 2.05) is 6.07 Å². The molecule has 1 N–H and O–H groups in total. The molecular formula is C15H19N3O2. The Morgan fingerprint density at radius 2 is 2.20 bits per heavy atom. The maximum Gasteiger partial charge on any atom is 0.293 e. The van der Waals surface area contributed by atoms with Gasteiger partial charge >= 0.3 is 0 Å². The van der Waals surface area contributed by atoms with E-state index in [0.29, 0.717) is 23.1 Å². The van der Waals surface area contributed by atoms with Crippen LogP contribution in [0, 0.1) is 33.3 Å². The van der Waals surface area contributed by atoms with Crippen molar-refractivity contribution >= 4 is 11.4 Å². The molecule has 0 aliphatic heterocycles. The number of nitrogens with zero attached hydrogens (tertiary/aromatic N) is 2. The Morgan fingerprint density at radius 1 is 1.45 bits per heavy atom. The second kappa shape index (κ2) is 6.38. The van der Waals surface area contributed by atoms with Gasteiger partial charge in [0.25, 0.3) is 5.69 Å². The fourth-order valence-corrected chi connectivity index (χ4v) is 2.84. The van der Waals surface area contributed by atoms with Crippen LogP contribution in [-0.2, 0) is 0 Å². The van der Waals surface area contributed by atoms with Crippen molar-refractivity contribution in [3.05, 3.63) is 33.9 Å². The number of anilines is 1. The molecule has 0 spiro atoms. The number of hydrogen-bond acceptors (Lipinski definition) is 4. The van der Waals surface area contributed by atoms with Crippen LogP contribution in [0.1, 0.15) is 38.2 Å². The Bertz CT molecular complexity index is 536. The number of rotatable bonds is 4. The molecule has 1 aromatic carbocycles. The van der Waals surface area contributed by atoms with Gasteiger partial charge in [0.2, 0.25) is 0 Å². The lowest BCUT2D eigenvalue weighted by Crippen LogP contribution is -2.24. The van der Waals surface area contributed by atoms with Gasteiger partial charge in [0, 0.05) is 12.6 Å². The SMILES string of the molecule is CC1CCCCC1CNc1ccc(C#N)cc1[N+](=O)[O-]. The predicted octanol–water partition coefficient (Wildman–Crippen LogP) is 3.70. The molecule has 1 fully saturated rings. The van der Waals surface area contributed by atoms with Crippen LogP contribution in [0.2, 0.25) is 0 Å². The Morgan fingerprint density at radius 3 is 2.85 bits per heavy atom. The molecular weight excluding hydrogens is 254 g/mol. The second-order valence-corrected chi connectivity index (χ2v) is 5.50. The number of benzene rings is 1. The van der Waals surface area contributed by atoms with Crippen molar-refractivity contribution < 1.29 is 4.92 Å². The first-order chi connectivity index (χ1) is 9.61. The topological polar surface area (TPSA) is 79.0 Å². The molecule has 0 aromatic heterocycles. The lowest BCUT2D eigenvalue weighted by molar-refractivity contribution is -0.384. The standard InChI is InChI=1S/C15H19N3O2/c1-11-4-2-3-5-13(11)10-17-14-7-6-12(9-16)8-15(14)18(19)20/h6-8,11,13,17H,2-5,10H2,1H3. The highest BCUT2D eigenvalue weighted by Crippen LogP contribution is 2.31. The molecule has 0 heterocycles. The lowest BCUT2D eigenvalue weighted by Gasteiger charge is -2.29. The molecule has 0 radical (unpaired) electrons. The monoisotopic (exact) mass is 273 g/mol. The maximum atomic E-state index is 11.1.